The number of rotatable bonds is 2. The average Bonchev–Trinajstić information content (AvgIpc) is 2.75. The van der Waals surface area contributed by atoms with Crippen LogP contribution in [0.3, 0.4) is 0 Å². The molecule has 5 nitrogen and oxygen atoms in total. The third-order valence-electron chi connectivity index (χ3n) is 2.12. The van der Waals surface area contributed by atoms with E-state index < -0.39 is 5.91 Å². The predicted molar refractivity (Wildman–Crippen MR) is 67.7 cm³/mol. The SMILES string of the molecule is N#Cc1cn[nH]c1NC(=O)c1cc(Cl)cc(Cl)c1. The molecule has 0 aliphatic carbocycles. The third-order valence-corrected chi connectivity index (χ3v) is 2.56. The number of anilines is 1. The van der Waals surface area contributed by atoms with Crippen LogP contribution in [-0.4, -0.2) is 16.1 Å². The summed E-state index contributed by atoms with van der Waals surface area (Å²) in [7, 11) is 0. The highest BCUT2D eigenvalue weighted by Gasteiger charge is 2.11. The van der Waals surface area contributed by atoms with Crippen LogP contribution in [0, 0.1) is 11.3 Å². The van der Waals surface area contributed by atoms with Crippen molar-refractivity contribution in [3.63, 3.8) is 0 Å². The van der Waals surface area contributed by atoms with Gasteiger partial charge in [-0.3, -0.25) is 9.89 Å². The summed E-state index contributed by atoms with van der Waals surface area (Å²) in [4.78, 5) is 11.9. The highest BCUT2D eigenvalue weighted by molar-refractivity contribution is 6.35. The zero-order chi connectivity index (χ0) is 13.1. The Labute approximate surface area is 112 Å². The molecule has 90 valence electrons. The molecular formula is C11H6Cl2N4O. The second kappa shape index (κ2) is 5.08. The summed E-state index contributed by atoms with van der Waals surface area (Å²) >= 11 is 11.6. The standard InChI is InChI=1S/C11H6Cl2N4O/c12-8-1-6(2-9(13)3-8)11(18)16-10-7(4-14)5-15-17-10/h1-3,5H,(H2,15,16,17,18). The van der Waals surface area contributed by atoms with Crippen LogP contribution in [0.1, 0.15) is 15.9 Å². The Balaban J connectivity index is 2.25. The monoisotopic (exact) mass is 280 g/mol. The van der Waals surface area contributed by atoms with Gasteiger partial charge >= 0.3 is 0 Å². The number of hydrogen-bond acceptors (Lipinski definition) is 3. The molecule has 2 N–H and O–H groups in total. The van der Waals surface area contributed by atoms with E-state index in [2.05, 4.69) is 15.5 Å². The quantitative estimate of drug-likeness (QED) is 0.888. The first kappa shape index (κ1) is 12.4. The molecule has 0 aliphatic rings. The number of carbonyl (C=O) groups excluding carboxylic acids is 1. The molecule has 0 aliphatic heterocycles. The fourth-order valence-corrected chi connectivity index (χ4v) is 1.86. The third kappa shape index (κ3) is 2.62. The fourth-order valence-electron chi connectivity index (χ4n) is 1.34. The Morgan fingerprint density at radius 3 is 2.61 bits per heavy atom. The second-order valence-electron chi connectivity index (χ2n) is 3.38. The number of aromatic amines is 1. The molecule has 18 heavy (non-hydrogen) atoms. The van der Waals surface area contributed by atoms with E-state index in [1.165, 1.54) is 24.4 Å². The fraction of sp³-hybridized carbons (Fsp3) is 0. The Morgan fingerprint density at radius 2 is 2.00 bits per heavy atom. The smallest absolute Gasteiger partial charge is 0.256 e. The van der Waals surface area contributed by atoms with Crippen LogP contribution in [0.4, 0.5) is 5.82 Å². The molecule has 1 amide bonds. The highest BCUT2D eigenvalue weighted by Crippen LogP contribution is 2.20. The van der Waals surface area contributed by atoms with Gasteiger partial charge in [-0.05, 0) is 18.2 Å². The van der Waals surface area contributed by atoms with Gasteiger partial charge in [0, 0.05) is 15.6 Å². The summed E-state index contributed by atoms with van der Waals surface area (Å²) in [5, 5.41) is 18.2. The van der Waals surface area contributed by atoms with Gasteiger partial charge in [0.1, 0.15) is 17.5 Å². The normalized spacial score (nSPS) is 9.83. The lowest BCUT2D eigenvalue weighted by atomic mass is 10.2. The Morgan fingerprint density at radius 1 is 1.33 bits per heavy atom. The first-order valence-corrected chi connectivity index (χ1v) is 5.56. The largest absolute Gasteiger partial charge is 0.306 e. The van der Waals surface area contributed by atoms with Crippen molar-refractivity contribution >= 4 is 34.9 Å². The van der Waals surface area contributed by atoms with Gasteiger partial charge in [0.15, 0.2) is 0 Å². The van der Waals surface area contributed by atoms with Gasteiger partial charge in [-0.25, -0.2) is 0 Å². The maximum atomic E-state index is 11.9. The van der Waals surface area contributed by atoms with Crippen LogP contribution >= 0.6 is 23.2 Å². The summed E-state index contributed by atoms with van der Waals surface area (Å²) in [6, 6.07) is 6.37. The first-order valence-electron chi connectivity index (χ1n) is 4.81. The summed E-state index contributed by atoms with van der Waals surface area (Å²) in [5.41, 5.74) is 0.544. The van der Waals surface area contributed by atoms with E-state index in [1.807, 2.05) is 6.07 Å². The minimum Gasteiger partial charge on any atom is -0.306 e. The number of carbonyl (C=O) groups is 1. The molecule has 0 saturated heterocycles. The molecule has 7 heteroatoms. The molecule has 1 heterocycles. The Hall–Kier alpha value is -2.03. The minimum atomic E-state index is -0.430. The van der Waals surface area contributed by atoms with Crippen LogP contribution in [0.5, 0.6) is 0 Å². The Bertz CT molecular complexity index is 624. The van der Waals surface area contributed by atoms with Crippen LogP contribution in [0.2, 0.25) is 10.0 Å². The van der Waals surface area contributed by atoms with E-state index in [0.717, 1.165) is 0 Å². The van der Waals surface area contributed by atoms with E-state index in [0.29, 0.717) is 15.6 Å². The van der Waals surface area contributed by atoms with Gasteiger partial charge in [-0.1, -0.05) is 23.2 Å². The summed E-state index contributed by atoms with van der Waals surface area (Å²) in [6.45, 7) is 0. The molecule has 0 bridgehead atoms. The first-order chi connectivity index (χ1) is 8.60. The highest BCUT2D eigenvalue weighted by atomic mass is 35.5. The molecule has 1 aromatic carbocycles. The van der Waals surface area contributed by atoms with Crippen molar-refractivity contribution in [2.24, 2.45) is 0 Å². The van der Waals surface area contributed by atoms with Crippen molar-refractivity contribution in [1.82, 2.24) is 10.2 Å². The minimum absolute atomic E-state index is 0.235. The van der Waals surface area contributed by atoms with E-state index in [1.54, 1.807) is 0 Å². The lowest BCUT2D eigenvalue weighted by molar-refractivity contribution is 0.102. The molecule has 2 rings (SSSR count). The number of nitrogens with one attached hydrogen (secondary N) is 2. The lowest BCUT2D eigenvalue weighted by Gasteiger charge is -2.04. The summed E-state index contributed by atoms with van der Waals surface area (Å²) < 4.78 is 0. The zero-order valence-corrected chi connectivity index (χ0v) is 10.4. The van der Waals surface area contributed by atoms with Crippen molar-refractivity contribution in [2.45, 2.75) is 0 Å². The number of H-pyrrole nitrogens is 1. The van der Waals surface area contributed by atoms with Crippen LogP contribution < -0.4 is 5.32 Å². The molecule has 0 spiro atoms. The van der Waals surface area contributed by atoms with Gasteiger partial charge in [-0.15, -0.1) is 0 Å². The van der Waals surface area contributed by atoms with E-state index in [4.69, 9.17) is 28.5 Å². The van der Waals surface area contributed by atoms with Crippen LogP contribution in [0.25, 0.3) is 0 Å². The molecule has 0 saturated carbocycles. The predicted octanol–water partition coefficient (Wildman–Crippen LogP) is 2.84. The number of nitrogens with zero attached hydrogens (tertiary/aromatic N) is 2. The number of nitriles is 1. The van der Waals surface area contributed by atoms with Gasteiger partial charge in [0.2, 0.25) is 0 Å². The Kier molecular flexibility index (Phi) is 3.51. The molecular weight excluding hydrogens is 275 g/mol. The van der Waals surface area contributed by atoms with Crippen molar-refractivity contribution in [2.75, 3.05) is 5.32 Å². The molecule has 1 aromatic heterocycles. The number of benzene rings is 1. The van der Waals surface area contributed by atoms with Crippen molar-refractivity contribution in [3.05, 3.63) is 45.6 Å². The topological polar surface area (TPSA) is 81.6 Å². The molecule has 2 aromatic rings. The summed E-state index contributed by atoms with van der Waals surface area (Å²) in [6.07, 6.45) is 1.32. The van der Waals surface area contributed by atoms with Crippen molar-refractivity contribution < 1.29 is 4.79 Å². The zero-order valence-electron chi connectivity index (χ0n) is 8.87. The van der Waals surface area contributed by atoms with Crippen LogP contribution in [-0.2, 0) is 0 Å². The maximum absolute atomic E-state index is 11.9. The molecule has 0 atom stereocenters. The van der Waals surface area contributed by atoms with Crippen molar-refractivity contribution in [1.29, 1.82) is 5.26 Å². The second-order valence-corrected chi connectivity index (χ2v) is 4.26. The molecule has 0 radical (unpaired) electrons. The number of amides is 1. The van der Waals surface area contributed by atoms with Gasteiger partial charge in [-0.2, -0.15) is 10.4 Å². The van der Waals surface area contributed by atoms with Gasteiger partial charge in [0.25, 0.3) is 5.91 Å². The van der Waals surface area contributed by atoms with E-state index >= 15 is 0 Å². The number of hydrogen-bond donors (Lipinski definition) is 2. The van der Waals surface area contributed by atoms with Gasteiger partial charge < -0.3 is 5.32 Å². The average molecular weight is 281 g/mol. The summed E-state index contributed by atoms with van der Waals surface area (Å²) in [5.74, 6) is -0.196. The molecule has 0 fully saturated rings. The van der Waals surface area contributed by atoms with Crippen LogP contribution in [0.15, 0.2) is 24.4 Å². The maximum Gasteiger partial charge on any atom is 0.256 e. The van der Waals surface area contributed by atoms with E-state index in [-0.39, 0.29) is 11.4 Å². The lowest BCUT2D eigenvalue weighted by Crippen LogP contribution is -2.13. The van der Waals surface area contributed by atoms with Crippen molar-refractivity contribution in [3.8, 4) is 6.07 Å². The van der Waals surface area contributed by atoms with Gasteiger partial charge in [0.05, 0.1) is 6.20 Å². The molecule has 0 unspecified atom stereocenters. The number of halogens is 2. The number of aromatic nitrogens is 2. The van der Waals surface area contributed by atoms with E-state index in [9.17, 15) is 4.79 Å².